The van der Waals surface area contributed by atoms with Gasteiger partial charge in [-0.1, -0.05) is 29.8 Å². The summed E-state index contributed by atoms with van der Waals surface area (Å²) in [6.07, 6.45) is 6.98. The molecule has 1 aromatic rings. The summed E-state index contributed by atoms with van der Waals surface area (Å²) in [5.74, 6) is 0. The fourth-order valence-electron chi connectivity index (χ4n) is 5.33. The number of benzene rings is 1. The smallest absolute Gasteiger partial charge is 0.414 e. The summed E-state index contributed by atoms with van der Waals surface area (Å²) in [6.45, 7) is 11.7. The van der Waals surface area contributed by atoms with E-state index >= 15 is 0 Å². The summed E-state index contributed by atoms with van der Waals surface area (Å²) in [5.41, 5.74) is 5.17. The Kier molecular flexibility index (Phi) is 5.02. The van der Waals surface area contributed by atoms with Gasteiger partial charge in [0.1, 0.15) is 0 Å². The summed E-state index contributed by atoms with van der Waals surface area (Å²) < 4.78 is 5.34. The summed E-state index contributed by atoms with van der Waals surface area (Å²) in [4.78, 5) is 17.1. The van der Waals surface area contributed by atoms with Crippen LogP contribution < -0.4 is 4.90 Å². The van der Waals surface area contributed by atoms with Crippen LogP contribution in [0.1, 0.15) is 56.6 Å². The van der Waals surface area contributed by atoms with Crippen molar-refractivity contribution in [1.29, 1.82) is 0 Å². The highest BCUT2D eigenvalue weighted by atomic mass is 16.6. The van der Waals surface area contributed by atoms with Gasteiger partial charge in [-0.3, -0.25) is 4.90 Å². The van der Waals surface area contributed by atoms with Crippen LogP contribution in [-0.2, 0) is 10.2 Å². The Morgan fingerprint density at radius 3 is 2.81 bits per heavy atom. The van der Waals surface area contributed by atoms with Crippen molar-refractivity contribution in [3.8, 4) is 0 Å². The second kappa shape index (κ2) is 7.31. The molecule has 0 aromatic heterocycles. The van der Waals surface area contributed by atoms with Gasteiger partial charge in [0.25, 0.3) is 0 Å². The molecule has 1 aliphatic carbocycles. The first-order valence-corrected chi connectivity index (χ1v) is 10.5. The number of aryl methyl sites for hydroxylation is 1. The molecule has 0 bridgehead atoms. The van der Waals surface area contributed by atoms with Gasteiger partial charge in [-0.2, -0.15) is 0 Å². The predicted molar refractivity (Wildman–Crippen MR) is 109 cm³/mol. The Hall–Kier alpha value is -1.81. The van der Waals surface area contributed by atoms with Crippen LogP contribution in [0, 0.1) is 6.92 Å². The Morgan fingerprint density at radius 1 is 1.33 bits per heavy atom. The molecular formula is C23H32N2O2. The van der Waals surface area contributed by atoms with Gasteiger partial charge in [-0.05, 0) is 77.1 Å². The predicted octanol–water partition coefficient (Wildman–Crippen LogP) is 4.80. The number of nitrogens with zero attached hydrogens (tertiary/aromatic N) is 2. The number of rotatable bonds is 2. The molecule has 1 saturated heterocycles. The van der Waals surface area contributed by atoms with E-state index in [0.717, 1.165) is 44.6 Å². The molecule has 2 aliphatic heterocycles. The maximum Gasteiger partial charge on any atom is 0.414 e. The summed E-state index contributed by atoms with van der Waals surface area (Å²) in [5, 5.41) is 0. The quantitative estimate of drug-likeness (QED) is 0.703. The highest BCUT2D eigenvalue weighted by Gasteiger charge is 2.47. The molecule has 1 aromatic carbocycles. The minimum Gasteiger partial charge on any atom is -0.449 e. The van der Waals surface area contributed by atoms with E-state index < -0.39 is 0 Å². The normalized spacial score (nSPS) is 24.9. The van der Waals surface area contributed by atoms with E-state index in [4.69, 9.17) is 4.74 Å². The number of likely N-dealkylation sites (tertiary alicyclic amines) is 1. The average Bonchev–Trinajstić information content (AvgIpc) is 2.96. The molecule has 2 fully saturated rings. The second-order valence-corrected chi connectivity index (χ2v) is 8.62. The fraction of sp³-hybridized carbons (Fsp3) is 0.609. The molecule has 3 aliphatic rings. The van der Waals surface area contributed by atoms with Crippen molar-refractivity contribution in [3.63, 3.8) is 0 Å². The Balaban J connectivity index is 1.54. The standard InChI is InChI=1S/C23H32N2O2/c1-4-27-22(26)25-16-23(20-15-18(3)8-9-21(20)25)10-12-24(13-11-23)19-7-5-6-17(2)14-19/h8-9,15,19H,2,4-7,10-14,16H2,1,3H3. The Morgan fingerprint density at radius 2 is 2.11 bits per heavy atom. The van der Waals surface area contributed by atoms with Crippen molar-refractivity contribution < 1.29 is 9.53 Å². The van der Waals surface area contributed by atoms with Crippen molar-refractivity contribution in [2.75, 3.05) is 31.1 Å². The van der Waals surface area contributed by atoms with E-state index in [9.17, 15) is 4.79 Å². The van der Waals surface area contributed by atoms with E-state index in [1.165, 1.54) is 36.0 Å². The molecule has 0 radical (unpaired) electrons. The molecule has 4 nitrogen and oxygen atoms in total. The van der Waals surface area contributed by atoms with Gasteiger partial charge >= 0.3 is 6.09 Å². The first-order chi connectivity index (χ1) is 13.0. The Labute approximate surface area is 163 Å². The molecule has 4 heteroatoms. The van der Waals surface area contributed by atoms with Crippen molar-refractivity contribution in [1.82, 2.24) is 4.90 Å². The number of hydrogen-bond acceptors (Lipinski definition) is 3. The zero-order chi connectivity index (χ0) is 19.0. The molecule has 1 saturated carbocycles. The maximum absolute atomic E-state index is 12.6. The van der Waals surface area contributed by atoms with Gasteiger partial charge in [0, 0.05) is 18.0 Å². The Bertz CT molecular complexity index is 734. The van der Waals surface area contributed by atoms with Crippen LogP contribution in [0.25, 0.3) is 0 Å². The zero-order valence-electron chi connectivity index (χ0n) is 16.8. The number of hydrogen-bond donors (Lipinski definition) is 0. The number of ether oxygens (including phenoxy) is 1. The monoisotopic (exact) mass is 368 g/mol. The van der Waals surface area contributed by atoms with Crippen molar-refractivity contribution in [3.05, 3.63) is 41.5 Å². The highest BCUT2D eigenvalue weighted by Crippen LogP contribution is 2.48. The number of piperidine rings is 1. The third-order valence-corrected chi connectivity index (χ3v) is 6.83. The molecule has 1 amide bonds. The summed E-state index contributed by atoms with van der Waals surface area (Å²) >= 11 is 0. The van der Waals surface area contributed by atoms with E-state index in [-0.39, 0.29) is 11.5 Å². The lowest BCUT2D eigenvalue weighted by Gasteiger charge is -2.44. The van der Waals surface area contributed by atoms with Crippen LogP contribution in [0.4, 0.5) is 10.5 Å². The molecule has 0 N–H and O–H groups in total. The lowest BCUT2D eigenvalue weighted by atomic mass is 9.73. The molecule has 27 heavy (non-hydrogen) atoms. The van der Waals surface area contributed by atoms with Gasteiger partial charge in [0.05, 0.1) is 12.3 Å². The van der Waals surface area contributed by atoms with Crippen LogP contribution in [0.5, 0.6) is 0 Å². The highest BCUT2D eigenvalue weighted by molar-refractivity contribution is 5.91. The van der Waals surface area contributed by atoms with Crippen LogP contribution in [0.2, 0.25) is 0 Å². The zero-order valence-corrected chi connectivity index (χ0v) is 16.8. The van der Waals surface area contributed by atoms with Crippen molar-refractivity contribution in [2.45, 2.75) is 63.8 Å². The summed E-state index contributed by atoms with van der Waals surface area (Å²) in [6, 6.07) is 7.18. The van der Waals surface area contributed by atoms with Gasteiger partial charge in [0.15, 0.2) is 0 Å². The van der Waals surface area contributed by atoms with Crippen LogP contribution >= 0.6 is 0 Å². The molecule has 1 spiro atoms. The van der Waals surface area contributed by atoms with Gasteiger partial charge in [-0.25, -0.2) is 4.79 Å². The van der Waals surface area contributed by atoms with Gasteiger partial charge in [-0.15, -0.1) is 0 Å². The number of amides is 1. The van der Waals surface area contributed by atoms with Crippen LogP contribution in [0.15, 0.2) is 30.4 Å². The molecule has 1 atom stereocenters. The molecule has 4 rings (SSSR count). The molecule has 2 heterocycles. The van der Waals surface area contributed by atoms with Crippen molar-refractivity contribution in [2.24, 2.45) is 0 Å². The van der Waals surface area contributed by atoms with Gasteiger partial charge < -0.3 is 9.64 Å². The minimum atomic E-state index is -0.203. The first-order valence-electron chi connectivity index (χ1n) is 10.5. The number of anilines is 1. The topological polar surface area (TPSA) is 32.8 Å². The molecule has 146 valence electrons. The third-order valence-electron chi connectivity index (χ3n) is 6.83. The maximum atomic E-state index is 12.6. The van der Waals surface area contributed by atoms with Crippen molar-refractivity contribution >= 4 is 11.8 Å². The van der Waals surface area contributed by atoms with E-state index in [2.05, 4.69) is 36.6 Å². The first kappa shape index (κ1) is 18.5. The molecule has 1 unspecified atom stereocenters. The van der Waals surface area contributed by atoms with Gasteiger partial charge in [0.2, 0.25) is 0 Å². The fourth-order valence-corrected chi connectivity index (χ4v) is 5.33. The average molecular weight is 369 g/mol. The van der Waals surface area contributed by atoms with E-state index in [1.54, 1.807) is 0 Å². The SMILES string of the molecule is C=C1CCCC(N2CCC3(CC2)CN(C(=O)OCC)c2ccc(C)cc23)C1. The van der Waals surface area contributed by atoms with Crippen LogP contribution in [-0.4, -0.2) is 43.3 Å². The third kappa shape index (κ3) is 3.40. The van der Waals surface area contributed by atoms with E-state index in [1.807, 2.05) is 11.8 Å². The lowest BCUT2D eigenvalue weighted by molar-refractivity contribution is 0.105. The minimum absolute atomic E-state index is 0.0797. The van der Waals surface area contributed by atoms with E-state index in [0.29, 0.717) is 12.6 Å². The number of fused-ring (bicyclic) bond motifs is 2. The second-order valence-electron chi connectivity index (χ2n) is 8.62. The summed E-state index contributed by atoms with van der Waals surface area (Å²) in [7, 11) is 0. The number of carbonyl (C=O) groups excluding carboxylic acids is 1. The largest absolute Gasteiger partial charge is 0.449 e. The molecular weight excluding hydrogens is 336 g/mol. The lowest BCUT2D eigenvalue weighted by Crippen LogP contribution is -2.49. The van der Waals surface area contributed by atoms with Crippen LogP contribution in [0.3, 0.4) is 0 Å². The number of carbonyl (C=O) groups is 1.